The molecular weight excluding hydrogens is 258 g/mol. The molecule has 2 rings (SSSR count). The molecule has 2 N–H and O–H groups in total. The molecule has 0 aliphatic heterocycles. The van der Waals surface area contributed by atoms with Crippen molar-refractivity contribution in [2.45, 2.75) is 26.3 Å². The number of hydrogen-bond acceptors (Lipinski definition) is 5. The van der Waals surface area contributed by atoms with Crippen LogP contribution in [0.3, 0.4) is 0 Å². The van der Waals surface area contributed by atoms with Crippen LogP contribution in [0.25, 0.3) is 0 Å². The fourth-order valence-electron chi connectivity index (χ4n) is 1.93. The first-order chi connectivity index (χ1) is 9.66. The molecule has 2 aromatic rings. The van der Waals surface area contributed by atoms with E-state index in [4.69, 9.17) is 0 Å². The first-order valence-electron chi connectivity index (χ1n) is 6.45. The van der Waals surface area contributed by atoms with E-state index in [1.807, 2.05) is 6.07 Å². The number of aryl methyl sites for hydroxylation is 2. The standard InChI is InChI=1S/C13H17N5O2/c1-10-4-5-11(7-12(10)18(19)20)8-14-6-2-3-13-15-9-16-17-13/h4-5,7,9,14H,2-3,6,8H2,1H3,(H,15,16,17). The molecule has 0 saturated carbocycles. The van der Waals surface area contributed by atoms with Gasteiger partial charge in [0.2, 0.25) is 0 Å². The highest BCUT2D eigenvalue weighted by atomic mass is 16.6. The Balaban J connectivity index is 1.76. The fraction of sp³-hybridized carbons (Fsp3) is 0.385. The molecule has 106 valence electrons. The molecule has 0 saturated heterocycles. The Morgan fingerprint density at radius 1 is 1.45 bits per heavy atom. The van der Waals surface area contributed by atoms with E-state index in [-0.39, 0.29) is 10.6 Å². The van der Waals surface area contributed by atoms with Crippen molar-refractivity contribution in [2.24, 2.45) is 0 Å². The van der Waals surface area contributed by atoms with E-state index in [1.165, 1.54) is 6.33 Å². The van der Waals surface area contributed by atoms with Gasteiger partial charge in [0.1, 0.15) is 12.2 Å². The van der Waals surface area contributed by atoms with Gasteiger partial charge in [-0.05, 0) is 25.5 Å². The molecule has 20 heavy (non-hydrogen) atoms. The zero-order valence-electron chi connectivity index (χ0n) is 11.3. The molecule has 0 amide bonds. The Bertz CT molecular complexity index is 568. The van der Waals surface area contributed by atoms with Crippen LogP contribution < -0.4 is 5.32 Å². The van der Waals surface area contributed by atoms with E-state index < -0.39 is 0 Å². The Labute approximate surface area is 116 Å². The van der Waals surface area contributed by atoms with Crippen molar-refractivity contribution >= 4 is 5.69 Å². The van der Waals surface area contributed by atoms with Gasteiger partial charge in [-0.3, -0.25) is 15.2 Å². The van der Waals surface area contributed by atoms with Gasteiger partial charge in [0.15, 0.2) is 0 Å². The van der Waals surface area contributed by atoms with Crippen molar-refractivity contribution in [3.63, 3.8) is 0 Å². The van der Waals surface area contributed by atoms with Crippen LogP contribution in [-0.2, 0) is 13.0 Å². The van der Waals surface area contributed by atoms with E-state index in [0.717, 1.165) is 30.8 Å². The first kappa shape index (κ1) is 14.1. The third-order valence-corrected chi connectivity index (χ3v) is 3.03. The van der Waals surface area contributed by atoms with E-state index in [1.54, 1.807) is 19.1 Å². The summed E-state index contributed by atoms with van der Waals surface area (Å²) in [6.07, 6.45) is 3.26. The zero-order chi connectivity index (χ0) is 14.4. The maximum Gasteiger partial charge on any atom is 0.272 e. The van der Waals surface area contributed by atoms with Crippen molar-refractivity contribution in [1.29, 1.82) is 0 Å². The van der Waals surface area contributed by atoms with E-state index in [0.29, 0.717) is 12.1 Å². The Morgan fingerprint density at radius 2 is 2.30 bits per heavy atom. The number of nitrogens with zero attached hydrogens (tertiary/aromatic N) is 3. The lowest BCUT2D eigenvalue weighted by atomic mass is 10.1. The van der Waals surface area contributed by atoms with Gasteiger partial charge in [-0.15, -0.1) is 0 Å². The van der Waals surface area contributed by atoms with Gasteiger partial charge in [-0.2, -0.15) is 5.10 Å². The average molecular weight is 275 g/mol. The minimum atomic E-state index is -0.345. The largest absolute Gasteiger partial charge is 0.313 e. The molecule has 0 aliphatic carbocycles. The predicted molar refractivity (Wildman–Crippen MR) is 74.2 cm³/mol. The van der Waals surface area contributed by atoms with Crippen LogP contribution in [0.4, 0.5) is 5.69 Å². The lowest BCUT2D eigenvalue weighted by Gasteiger charge is -2.05. The van der Waals surface area contributed by atoms with Crippen LogP contribution in [0.5, 0.6) is 0 Å². The van der Waals surface area contributed by atoms with Gasteiger partial charge >= 0.3 is 0 Å². The molecule has 7 heteroatoms. The van der Waals surface area contributed by atoms with Gasteiger partial charge in [0.05, 0.1) is 4.92 Å². The smallest absolute Gasteiger partial charge is 0.272 e. The van der Waals surface area contributed by atoms with E-state index in [9.17, 15) is 10.1 Å². The van der Waals surface area contributed by atoms with E-state index in [2.05, 4.69) is 20.5 Å². The SMILES string of the molecule is Cc1ccc(CNCCCc2ncn[nH]2)cc1[N+](=O)[O-]. The number of rotatable bonds is 7. The normalized spacial score (nSPS) is 10.7. The highest BCUT2D eigenvalue weighted by molar-refractivity contribution is 5.42. The van der Waals surface area contributed by atoms with Gasteiger partial charge in [-0.25, -0.2) is 4.98 Å². The number of nitro groups is 1. The van der Waals surface area contributed by atoms with Gasteiger partial charge in [-0.1, -0.05) is 12.1 Å². The van der Waals surface area contributed by atoms with Crippen molar-refractivity contribution in [3.05, 3.63) is 51.6 Å². The van der Waals surface area contributed by atoms with Crippen LogP contribution >= 0.6 is 0 Å². The van der Waals surface area contributed by atoms with Gasteiger partial charge in [0.25, 0.3) is 5.69 Å². The molecule has 7 nitrogen and oxygen atoms in total. The number of benzene rings is 1. The van der Waals surface area contributed by atoms with Crippen LogP contribution in [0, 0.1) is 17.0 Å². The molecule has 1 heterocycles. The maximum atomic E-state index is 10.9. The zero-order valence-corrected chi connectivity index (χ0v) is 11.3. The van der Waals surface area contributed by atoms with Crippen molar-refractivity contribution in [2.75, 3.05) is 6.54 Å². The molecule has 0 atom stereocenters. The number of H-pyrrole nitrogens is 1. The van der Waals surface area contributed by atoms with Gasteiger partial charge in [0, 0.05) is 24.6 Å². The lowest BCUT2D eigenvalue weighted by Crippen LogP contribution is -2.15. The minimum absolute atomic E-state index is 0.172. The lowest BCUT2D eigenvalue weighted by molar-refractivity contribution is -0.385. The number of aromatic amines is 1. The maximum absolute atomic E-state index is 10.9. The van der Waals surface area contributed by atoms with E-state index >= 15 is 0 Å². The summed E-state index contributed by atoms with van der Waals surface area (Å²) in [7, 11) is 0. The number of nitro benzene ring substituents is 1. The third kappa shape index (κ3) is 3.86. The van der Waals surface area contributed by atoms with Crippen molar-refractivity contribution < 1.29 is 4.92 Å². The summed E-state index contributed by atoms with van der Waals surface area (Å²) in [5.74, 6) is 0.873. The molecule has 0 aliphatic rings. The minimum Gasteiger partial charge on any atom is -0.313 e. The van der Waals surface area contributed by atoms with Crippen molar-refractivity contribution in [3.8, 4) is 0 Å². The second kappa shape index (κ2) is 6.76. The Hall–Kier alpha value is -2.28. The summed E-state index contributed by atoms with van der Waals surface area (Å²) in [6.45, 7) is 3.19. The fourth-order valence-corrected chi connectivity index (χ4v) is 1.93. The molecule has 0 radical (unpaired) electrons. The molecule has 0 fully saturated rings. The topological polar surface area (TPSA) is 96.7 Å². The van der Waals surface area contributed by atoms with Crippen molar-refractivity contribution in [1.82, 2.24) is 20.5 Å². The number of nitrogens with one attached hydrogen (secondary N) is 2. The predicted octanol–water partition coefficient (Wildman–Crippen LogP) is 1.74. The van der Waals surface area contributed by atoms with Crippen LogP contribution in [0.1, 0.15) is 23.4 Å². The molecule has 0 spiro atoms. The third-order valence-electron chi connectivity index (χ3n) is 3.03. The quantitative estimate of drug-likeness (QED) is 0.456. The summed E-state index contributed by atoms with van der Waals surface area (Å²) < 4.78 is 0. The highest BCUT2D eigenvalue weighted by Gasteiger charge is 2.10. The first-order valence-corrected chi connectivity index (χ1v) is 6.45. The van der Waals surface area contributed by atoms with Crippen LogP contribution in [0.2, 0.25) is 0 Å². The Morgan fingerprint density at radius 3 is 3.00 bits per heavy atom. The summed E-state index contributed by atoms with van der Waals surface area (Å²) in [4.78, 5) is 14.5. The average Bonchev–Trinajstić information content (AvgIpc) is 2.93. The molecule has 1 aromatic carbocycles. The summed E-state index contributed by atoms with van der Waals surface area (Å²) >= 11 is 0. The second-order valence-electron chi connectivity index (χ2n) is 4.59. The second-order valence-corrected chi connectivity index (χ2v) is 4.59. The molecule has 0 bridgehead atoms. The highest BCUT2D eigenvalue weighted by Crippen LogP contribution is 2.18. The molecular formula is C13H17N5O2. The number of aromatic nitrogens is 3. The summed E-state index contributed by atoms with van der Waals surface area (Å²) in [5.41, 5.74) is 1.77. The molecule has 1 aromatic heterocycles. The number of hydrogen-bond donors (Lipinski definition) is 2. The molecule has 0 unspecified atom stereocenters. The Kier molecular flexibility index (Phi) is 4.78. The van der Waals surface area contributed by atoms with Crippen LogP contribution in [0.15, 0.2) is 24.5 Å². The van der Waals surface area contributed by atoms with Gasteiger partial charge < -0.3 is 5.32 Å². The summed E-state index contributed by atoms with van der Waals surface area (Å²) in [5, 5.41) is 20.7. The summed E-state index contributed by atoms with van der Waals surface area (Å²) in [6, 6.07) is 5.31. The van der Waals surface area contributed by atoms with Crippen LogP contribution in [-0.4, -0.2) is 26.6 Å². The monoisotopic (exact) mass is 275 g/mol.